The quantitative estimate of drug-likeness (QED) is 0.320. The van der Waals surface area contributed by atoms with Gasteiger partial charge in [-0.05, 0) is 53.7 Å². The Balaban J connectivity index is 2.92. The summed E-state index contributed by atoms with van der Waals surface area (Å²) in [6.07, 6.45) is 0.535. The summed E-state index contributed by atoms with van der Waals surface area (Å²) in [5.41, 5.74) is 0. The highest BCUT2D eigenvalue weighted by molar-refractivity contribution is 4.37. The van der Waals surface area contributed by atoms with Crippen molar-refractivity contribution in [2.45, 2.75) is 26.4 Å². The van der Waals surface area contributed by atoms with Crippen LogP contribution in [0.2, 0.25) is 0 Å². The second-order valence-corrected chi connectivity index (χ2v) is 1.87. The molecule has 1 N–H and O–H groups in total. The maximum absolute atomic E-state index is 7.50. The van der Waals surface area contributed by atoms with Crippen molar-refractivity contribution >= 4 is 0 Å². The van der Waals surface area contributed by atoms with Crippen molar-refractivity contribution in [2.75, 3.05) is 0 Å². The van der Waals surface area contributed by atoms with E-state index in [1.165, 1.54) is 0 Å². The van der Waals surface area contributed by atoms with Gasteiger partial charge in [-0.2, -0.15) is 0 Å². The van der Waals surface area contributed by atoms with Gasteiger partial charge in [0, 0.05) is 0 Å². The Hall–Kier alpha value is -0.400. The van der Waals surface area contributed by atoms with Crippen molar-refractivity contribution in [3.63, 3.8) is 0 Å². The van der Waals surface area contributed by atoms with E-state index in [0.29, 0.717) is 6.42 Å². The minimum Gasteiger partial charge on any atom is -0.219 e. The number of hydrogen-bond acceptors (Lipinski definition) is 10. The minimum absolute atomic E-state index is 0.179. The topological polar surface area (TPSA) is 103 Å². The van der Waals surface area contributed by atoms with Gasteiger partial charge in [-0.1, -0.05) is 6.92 Å². The van der Waals surface area contributed by atoms with E-state index in [0.717, 1.165) is 0 Å². The second-order valence-electron chi connectivity index (χ2n) is 1.87. The predicted molar refractivity (Wildman–Crippen MR) is 32.1 cm³/mol. The van der Waals surface area contributed by atoms with Gasteiger partial charge in [0.05, 0.1) is 6.10 Å². The molecule has 1 unspecified atom stereocenters. The van der Waals surface area contributed by atoms with Gasteiger partial charge in [0.25, 0.3) is 0 Å². The molecule has 10 heteroatoms. The molecule has 0 amide bonds. The first kappa shape index (κ1) is 13.6. The molecule has 0 radical (unpaired) electrons. The molecule has 0 aliphatic heterocycles. The normalized spacial score (nSPS) is 13.1. The summed E-state index contributed by atoms with van der Waals surface area (Å²) in [4.78, 5) is 4.50. The fourth-order valence-corrected chi connectivity index (χ4v) is 0.220. The summed E-state index contributed by atoms with van der Waals surface area (Å²) in [6, 6.07) is 0. The molecule has 14 heavy (non-hydrogen) atoms. The van der Waals surface area contributed by atoms with E-state index < -0.39 is 0 Å². The van der Waals surface area contributed by atoms with Gasteiger partial charge in [-0.25, -0.2) is 10.1 Å². The fourth-order valence-electron chi connectivity index (χ4n) is 0.220. The molecular formula is C4H10O10. The van der Waals surface area contributed by atoms with E-state index in [9.17, 15) is 0 Å². The van der Waals surface area contributed by atoms with Crippen molar-refractivity contribution in [1.82, 2.24) is 0 Å². The van der Waals surface area contributed by atoms with Crippen LogP contribution >= 0.6 is 0 Å². The van der Waals surface area contributed by atoms with Crippen LogP contribution in [0.1, 0.15) is 20.3 Å². The molecule has 0 heterocycles. The Bertz CT molecular complexity index is 108. The molecule has 10 nitrogen and oxygen atoms in total. The second kappa shape index (κ2) is 10.7. The average Bonchev–Trinajstić information content (AvgIpc) is 2.21. The molecule has 0 bridgehead atoms. The molecular weight excluding hydrogens is 208 g/mol. The van der Waals surface area contributed by atoms with Gasteiger partial charge < -0.3 is 0 Å². The highest BCUT2D eigenvalue weighted by Gasteiger charge is 2.00. The minimum atomic E-state index is -0.179. The van der Waals surface area contributed by atoms with Crippen LogP contribution in [0.15, 0.2) is 0 Å². The third-order valence-electron chi connectivity index (χ3n) is 0.976. The van der Waals surface area contributed by atoms with Crippen LogP contribution in [0.25, 0.3) is 0 Å². The van der Waals surface area contributed by atoms with Gasteiger partial charge in [-0.3, -0.25) is 0 Å². The predicted octanol–water partition coefficient (Wildman–Crippen LogP) is 0.727. The highest BCUT2D eigenvalue weighted by Crippen LogP contribution is 1.97. The molecule has 0 spiro atoms. The molecule has 0 aliphatic rings. The van der Waals surface area contributed by atoms with Crippen molar-refractivity contribution < 1.29 is 50.5 Å². The standard InChI is InChI=1S/C4H10O10/c1-3-4(2)6-8-10-12-14-13-11-9-7-5/h4-5H,3H2,1-2H3. The lowest BCUT2D eigenvalue weighted by molar-refractivity contribution is -0.844. The third-order valence-corrected chi connectivity index (χ3v) is 0.976. The summed E-state index contributed by atoms with van der Waals surface area (Å²) >= 11 is 0. The van der Waals surface area contributed by atoms with E-state index in [1.807, 2.05) is 6.92 Å². The van der Waals surface area contributed by atoms with Crippen LogP contribution in [0.5, 0.6) is 0 Å². The van der Waals surface area contributed by atoms with Crippen LogP contribution in [0, 0.1) is 0 Å². The zero-order valence-electron chi connectivity index (χ0n) is 7.41. The SMILES string of the molecule is CCC(C)OOOOOOOOOO. The Morgan fingerprint density at radius 3 is 1.93 bits per heavy atom. The van der Waals surface area contributed by atoms with Crippen LogP contribution in [-0.2, 0) is 45.2 Å². The lowest BCUT2D eigenvalue weighted by Gasteiger charge is -2.04. The summed E-state index contributed by atoms with van der Waals surface area (Å²) in [7, 11) is 0. The molecule has 0 rings (SSSR count). The Kier molecular flexibility index (Phi) is 10.4. The lowest BCUT2D eigenvalue weighted by atomic mass is 10.3. The Labute approximate surface area is 78.0 Å². The number of rotatable bonds is 10. The Morgan fingerprint density at radius 1 is 0.929 bits per heavy atom. The molecule has 0 aromatic rings. The zero-order chi connectivity index (χ0) is 10.6. The summed E-state index contributed by atoms with van der Waals surface area (Å²) in [6.45, 7) is 3.60. The van der Waals surface area contributed by atoms with E-state index in [4.69, 9.17) is 5.26 Å². The molecule has 0 aliphatic carbocycles. The van der Waals surface area contributed by atoms with Gasteiger partial charge in [0.15, 0.2) is 0 Å². The van der Waals surface area contributed by atoms with Gasteiger partial charge in [-0.15, -0.1) is 0 Å². The maximum Gasteiger partial charge on any atom is 0.0931 e. The van der Waals surface area contributed by atoms with Gasteiger partial charge in [0.2, 0.25) is 0 Å². The first-order chi connectivity index (χ1) is 6.81. The van der Waals surface area contributed by atoms with Crippen molar-refractivity contribution in [2.24, 2.45) is 0 Å². The fraction of sp³-hybridized carbons (Fsp3) is 1.00. The third kappa shape index (κ3) is 9.69. The van der Waals surface area contributed by atoms with E-state index >= 15 is 0 Å². The van der Waals surface area contributed by atoms with E-state index in [1.54, 1.807) is 6.92 Å². The molecule has 0 aromatic carbocycles. The van der Waals surface area contributed by atoms with Gasteiger partial charge in [0.1, 0.15) is 0 Å². The van der Waals surface area contributed by atoms with E-state index in [-0.39, 0.29) is 6.10 Å². The smallest absolute Gasteiger partial charge is 0.0931 e. The molecule has 86 valence electrons. The Morgan fingerprint density at radius 2 is 1.43 bits per heavy atom. The first-order valence-electron chi connectivity index (χ1n) is 3.44. The first-order valence-corrected chi connectivity index (χ1v) is 3.44. The van der Waals surface area contributed by atoms with Gasteiger partial charge >= 0.3 is 0 Å². The van der Waals surface area contributed by atoms with Crippen molar-refractivity contribution in [1.29, 1.82) is 0 Å². The molecule has 0 saturated heterocycles. The molecule has 0 saturated carbocycles. The molecule has 0 aromatic heterocycles. The summed E-state index contributed by atoms with van der Waals surface area (Å²) < 4.78 is 0. The van der Waals surface area contributed by atoms with Crippen molar-refractivity contribution in [3.05, 3.63) is 0 Å². The molecule has 0 fully saturated rings. The van der Waals surface area contributed by atoms with E-state index in [2.05, 4.69) is 45.2 Å². The van der Waals surface area contributed by atoms with Crippen LogP contribution in [0.3, 0.4) is 0 Å². The van der Waals surface area contributed by atoms with Crippen LogP contribution in [0.4, 0.5) is 0 Å². The highest BCUT2D eigenvalue weighted by atomic mass is 17.9. The zero-order valence-corrected chi connectivity index (χ0v) is 7.41. The van der Waals surface area contributed by atoms with Crippen LogP contribution < -0.4 is 0 Å². The summed E-state index contributed by atoms with van der Waals surface area (Å²) in [5, 5.41) is 35.7. The largest absolute Gasteiger partial charge is 0.219 e. The lowest BCUT2D eigenvalue weighted by Crippen LogP contribution is -2.08. The monoisotopic (exact) mass is 218 g/mol. The number of hydrogen-bond donors (Lipinski definition) is 1. The average molecular weight is 218 g/mol. The van der Waals surface area contributed by atoms with Crippen molar-refractivity contribution in [3.8, 4) is 0 Å². The summed E-state index contributed by atoms with van der Waals surface area (Å²) in [5.74, 6) is 0. The molecule has 1 atom stereocenters. The van der Waals surface area contributed by atoms with Crippen LogP contribution in [-0.4, -0.2) is 11.4 Å². The maximum atomic E-state index is 7.50.